The summed E-state index contributed by atoms with van der Waals surface area (Å²) in [4.78, 5) is 25.9. The van der Waals surface area contributed by atoms with Crippen molar-refractivity contribution in [2.24, 2.45) is 0 Å². The van der Waals surface area contributed by atoms with E-state index in [1.165, 1.54) is 12.1 Å². The van der Waals surface area contributed by atoms with Crippen LogP contribution in [0.2, 0.25) is 0 Å². The third kappa shape index (κ3) is 2.45. The highest BCUT2D eigenvalue weighted by molar-refractivity contribution is 9.10. The number of benzene rings is 2. The van der Waals surface area contributed by atoms with Crippen molar-refractivity contribution in [2.75, 3.05) is 0 Å². The van der Waals surface area contributed by atoms with E-state index in [4.69, 9.17) is 0 Å². The molecular weight excluding hydrogens is 336 g/mol. The number of nitrogens with zero attached hydrogens (tertiary/aromatic N) is 1. The summed E-state index contributed by atoms with van der Waals surface area (Å²) in [6.07, 6.45) is 1.58. The summed E-state index contributed by atoms with van der Waals surface area (Å²) in [6, 6.07) is 11.5. The third-order valence-corrected chi connectivity index (χ3v) is 3.70. The molecule has 0 radical (unpaired) electrons. The van der Waals surface area contributed by atoms with E-state index in [9.17, 15) is 14.9 Å². The first-order valence-electron chi connectivity index (χ1n) is 6.12. The Morgan fingerprint density at radius 2 is 2.00 bits per heavy atom. The standard InChI is InChI=1S/C15H9BrN2O3/c16-10-3-1-2-9(6-10)15(19)13-8-17-14-5-4-11(18(20)21)7-12(13)14/h1-8,17H. The zero-order valence-corrected chi connectivity index (χ0v) is 12.3. The molecule has 0 bridgehead atoms. The molecule has 0 aliphatic carbocycles. The molecule has 1 heterocycles. The number of aromatic nitrogens is 1. The van der Waals surface area contributed by atoms with Gasteiger partial charge in [0, 0.05) is 44.8 Å². The number of ketones is 1. The number of nitro groups is 1. The molecule has 0 spiro atoms. The highest BCUT2D eigenvalue weighted by atomic mass is 79.9. The van der Waals surface area contributed by atoms with Crippen molar-refractivity contribution in [1.82, 2.24) is 4.98 Å². The molecule has 0 atom stereocenters. The van der Waals surface area contributed by atoms with E-state index in [1.807, 2.05) is 6.07 Å². The maximum atomic E-state index is 12.5. The molecule has 1 N–H and O–H groups in total. The highest BCUT2D eigenvalue weighted by Crippen LogP contribution is 2.26. The van der Waals surface area contributed by atoms with Crippen LogP contribution in [0, 0.1) is 10.1 Å². The van der Waals surface area contributed by atoms with Crippen LogP contribution in [0.3, 0.4) is 0 Å². The molecular formula is C15H9BrN2O3. The van der Waals surface area contributed by atoms with Crippen LogP contribution in [-0.2, 0) is 0 Å². The fourth-order valence-corrected chi connectivity index (χ4v) is 2.59. The third-order valence-electron chi connectivity index (χ3n) is 3.21. The van der Waals surface area contributed by atoms with Crippen molar-refractivity contribution in [1.29, 1.82) is 0 Å². The summed E-state index contributed by atoms with van der Waals surface area (Å²) in [5.74, 6) is -0.178. The largest absolute Gasteiger partial charge is 0.360 e. The SMILES string of the molecule is O=C(c1cccc(Br)c1)c1c[nH]c2ccc([N+](=O)[O-])cc12. The van der Waals surface area contributed by atoms with E-state index in [1.54, 1.807) is 30.5 Å². The second-order valence-electron chi connectivity index (χ2n) is 4.53. The van der Waals surface area contributed by atoms with Gasteiger partial charge in [-0.15, -0.1) is 0 Å². The van der Waals surface area contributed by atoms with Gasteiger partial charge in [-0.2, -0.15) is 0 Å². The van der Waals surface area contributed by atoms with E-state index in [0.29, 0.717) is 22.0 Å². The lowest BCUT2D eigenvalue weighted by atomic mass is 10.0. The number of nitrogens with one attached hydrogen (secondary N) is 1. The Balaban J connectivity index is 2.14. The van der Waals surface area contributed by atoms with Crippen LogP contribution in [0.5, 0.6) is 0 Å². The Hall–Kier alpha value is -2.47. The maximum absolute atomic E-state index is 12.5. The Kier molecular flexibility index (Phi) is 3.31. The van der Waals surface area contributed by atoms with Gasteiger partial charge in [0.25, 0.3) is 5.69 Å². The Morgan fingerprint density at radius 3 is 2.71 bits per heavy atom. The molecule has 104 valence electrons. The predicted octanol–water partition coefficient (Wildman–Crippen LogP) is 4.07. The van der Waals surface area contributed by atoms with Gasteiger partial charge in [0.1, 0.15) is 0 Å². The van der Waals surface area contributed by atoms with E-state index in [0.717, 1.165) is 4.47 Å². The van der Waals surface area contributed by atoms with Gasteiger partial charge in [-0.25, -0.2) is 0 Å². The topological polar surface area (TPSA) is 76.0 Å². The van der Waals surface area contributed by atoms with Gasteiger partial charge in [-0.1, -0.05) is 28.1 Å². The summed E-state index contributed by atoms with van der Waals surface area (Å²) in [7, 11) is 0. The summed E-state index contributed by atoms with van der Waals surface area (Å²) in [5.41, 5.74) is 1.60. The molecule has 0 aliphatic heterocycles. The molecule has 0 fully saturated rings. The molecule has 21 heavy (non-hydrogen) atoms. The number of nitro benzene ring substituents is 1. The first-order valence-corrected chi connectivity index (χ1v) is 6.91. The van der Waals surface area contributed by atoms with E-state index < -0.39 is 4.92 Å². The summed E-state index contributed by atoms with van der Waals surface area (Å²) >= 11 is 3.32. The smallest absolute Gasteiger partial charge is 0.270 e. The lowest BCUT2D eigenvalue weighted by Gasteiger charge is -2.00. The molecule has 0 saturated heterocycles. The first kappa shape index (κ1) is 13.5. The number of aromatic amines is 1. The Labute approximate surface area is 127 Å². The highest BCUT2D eigenvalue weighted by Gasteiger charge is 2.17. The zero-order chi connectivity index (χ0) is 15.0. The van der Waals surface area contributed by atoms with Crippen LogP contribution in [-0.4, -0.2) is 15.7 Å². The van der Waals surface area contributed by atoms with Gasteiger partial charge in [-0.05, 0) is 18.2 Å². The fourth-order valence-electron chi connectivity index (χ4n) is 2.20. The molecule has 3 aromatic rings. The lowest BCUT2D eigenvalue weighted by molar-refractivity contribution is -0.384. The van der Waals surface area contributed by atoms with E-state index in [2.05, 4.69) is 20.9 Å². The number of non-ortho nitro benzene ring substituents is 1. The van der Waals surface area contributed by atoms with Crippen molar-refractivity contribution in [2.45, 2.75) is 0 Å². The van der Waals surface area contributed by atoms with Gasteiger partial charge in [0.15, 0.2) is 5.78 Å². The predicted molar refractivity (Wildman–Crippen MR) is 82.5 cm³/mol. The van der Waals surface area contributed by atoms with Crippen LogP contribution in [0.25, 0.3) is 10.9 Å². The second kappa shape index (κ2) is 5.14. The minimum absolute atomic E-state index is 0.0367. The number of halogens is 1. The van der Waals surface area contributed by atoms with Gasteiger partial charge >= 0.3 is 0 Å². The van der Waals surface area contributed by atoms with Crippen LogP contribution in [0.1, 0.15) is 15.9 Å². The Morgan fingerprint density at radius 1 is 1.19 bits per heavy atom. The molecule has 0 unspecified atom stereocenters. The average molecular weight is 345 g/mol. The molecule has 1 aromatic heterocycles. The van der Waals surface area contributed by atoms with Gasteiger partial charge < -0.3 is 4.98 Å². The van der Waals surface area contributed by atoms with Crippen LogP contribution in [0.4, 0.5) is 5.69 Å². The number of H-pyrrole nitrogens is 1. The average Bonchev–Trinajstić information content (AvgIpc) is 2.89. The number of hydrogen-bond donors (Lipinski definition) is 1. The maximum Gasteiger partial charge on any atom is 0.270 e. The van der Waals surface area contributed by atoms with Crippen LogP contribution >= 0.6 is 15.9 Å². The molecule has 0 amide bonds. The molecule has 3 rings (SSSR count). The first-order chi connectivity index (χ1) is 10.1. The summed E-state index contributed by atoms with van der Waals surface area (Å²) < 4.78 is 0.805. The summed E-state index contributed by atoms with van der Waals surface area (Å²) in [5, 5.41) is 11.4. The van der Waals surface area contributed by atoms with Crippen molar-refractivity contribution in [3.63, 3.8) is 0 Å². The van der Waals surface area contributed by atoms with E-state index in [-0.39, 0.29) is 11.5 Å². The van der Waals surface area contributed by atoms with Crippen molar-refractivity contribution >= 4 is 38.3 Å². The second-order valence-corrected chi connectivity index (χ2v) is 5.44. The van der Waals surface area contributed by atoms with Crippen molar-refractivity contribution < 1.29 is 9.72 Å². The zero-order valence-electron chi connectivity index (χ0n) is 10.7. The quantitative estimate of drug-likeness (QED) is 0.442. The number of rotatable bonds is 3. The van der Waals surface area contributed by atoms with Crippen molar-refractivity contribution in [3.8, 4) is 0 Å². The van der Waals surface area contributed by atoms with Gasteiger partial charge in [0.05, 0.1) is 4.92 Å². The molecule has 6 heteroatoms. The minimum atomic E-state index is -0.472. The van der Waals surface area contributed by atoms with Crippen LogP contribution in [0.15, 0.2) is 53.1 Å². The molecule has 2 aromatic carbocycles. The number of fused-ring (bicyclic) bond motifs is 1. The van der Waals surface area contributed by atoms with Gasteiger partial charge in [-0.3, -0.25) is 14.9 Å². The number of carbonyl (C=O) groups is 1. The van der Waals surface area contributed by atoms with Crippen LogP contribution < -0.4 is 0 Å². The van der Waals surface area contributed by atoms with Crippen molar-refractivity contribution in [3.05, 3.63) is 74.4 Å². The monoisotopic (exact) mass is 344 g/mol. The Bertz CT molecular complexity index is 870. The van der Waals surface area contributed by atoms with E-state index >= 15 is 0 Å². The molecule has 5 nitrogen and oxygen atoms in total. The minimum Gasteiger partial charge on any atom is -0.360 e. The van der Waals surface area contributed by atoms with Gasteiger partial charge in [0.2, 0.25) is 0 Å². The number of carbonyl (C=O) groups excluding carboxylic acids is 1. The number of hydrogen-bond acceptors (Lipinski definition) is 3. The molecule has 0 aliphatic rings. The molecule has 0 saturated carbocycles. The summed E-state index contributed by atoms with van der Waals surface area (Å²) in [6.45, 7) is 0. The fraction of sp³-hybridized carbons (Fsp3) is 0. The normalized spacial score (nSPS) is 10.7. The lowest BCUT2D eigenvalue weighted by Crippen LogP contribution is -2.00.